The number of aliphatic hydroxyl groups is 2. The van der Waals surface area contributed by atoms with E-state index < -0.39 is 12.2 Å². The van der Waals surface area contributed by atoms with Gasteiger partial charge in [0.05, 0.1) is 20.3 Å². The summed E-state index contributed by atoms with van der Waals surface area (Å²) < 4.78 is 21.6. The lowest BCUT2D eigenvalue weighted by Gasteiger charge is -2.21. The van der Waals surface area contributed by atoms with Crippen molar-refractivity contribution in [1.29, 1.82) is 0 Å². The van der Waals surface area contributed by atoms with E-state index in [-0.39, 0.29) is 66.3 Å². The predicted octanol–water partition coefficient (Wildman–Crippen LogP) is 1.66. The van der Waals surface area contributed by atoms with Crippen molar-refractivity contribution in [2.24, 2.45) is 0 Å². The SMILES string of the molecule is COc1cc2cc(O)c1OCCOCCOc1ccc(cc1O)C(O)C2O. The van der Waals surface area contributed by atoms with Crippen LogP contribution in [0.4, 0.5) is 0 Å². The standard InChI is InChI=1S/C19H22O8/c1-24-16-10-12-9-14(21)19(16)27-7-5-25-4-6-26-15-3-2-11(8-13(15)20)17(22)18(12)23/h2-3,8-10,17-18,20-23H,4-7H2,1H3. The summed E-state index contributed by atoms with van der Waals surface area (Å²) in [6.07, 6.45) is -2.72. The van der Waals surface area contributed by atoms with Gasteiger partial charge in [-0.2, -0.15) is 0 Å². The summed E-state index contributed by atoms with van der Waals surface area (Å²) in [6, 6.07) is 7.12. The van der Waals surface area contributed by atoms with E-state index in [0.717, 1.165) is 0 Å². The van der Waals surface area contributed by atoms with Gasteiger partial charge in [0.2, 0.25) is 5.75 Å². The molecule has 0 aromatic heterocycles. The van der Waals surface area contributed by atoms with Crippen LogP contribution >= 0.6 is 0 Å². The van der Waals surface area contributed by atoms with Crippen LogP contribution < -0.4 is 14.2 Å². The number of methoxy groups -OCH3 is 1. The molecular formula is C19H22O8. The molecule has 0 saturated heterocycles. The van der Waals surface area contributed by atoms with E-state index in [1.807, 2.05) is 0 Å². The highest BCUT2D eigenvalue weighted by atomic mass is 16.6. The zero-order valence-corrected chi connectivity index (χ0v) is 14.8. The van der Waals surface area contributed by atoms with Gasteiger partial charge in [0.1, 0.15) is 25.4 Å². The molecule has 6 rings (SSSR count). The van der Waals surface area contributed by atoms with Crippen LogP contribution in [-0.4, -0.2) is 54.0 Å². The number of rotatable bonds is 1. The average Bonchev–Trinajstić information content (AvgIpc) is 2.67. The lowest BCUT2D eigenvalue weighted by atomic mass is 9.97. The van der Waals surface area contributed by atoms with E-state index in [1.165, 1.54) is 37.4 Å². The Morgan fingerprint density at radius 2 is 1.52 bits per heavy atom. The Morgan fingerprint density at radius 3 is 2.22 bits per heavy atom. The number of aromatic hydroxyl groups is 2. The van der Waals surface area contributed by atoms with Crippen LogP contribution in [-0.2, 0) is 4.74 Å². The van der Waals surface area contributed by atoms with E-state index in [9.17, 15) is 20.4 Å². The number of ether oxygens (including phenoxy) is 4. The third-order valence-electron chi connectivity index (χ3n) is 4.20. The minimum absolute atomic E-state index is 0.119. The van der Waals surface area contributed by atoms with Crippen molar-refractivity contribution in [2.45, 2.75) is 12.2 Å². The molecule has 8 heteroatoms. The molecule has 0 fully saturated rings. The van der Waals surface area contributed by atoms with Crippen LogP contribution in [0.2, 0.25) is 0 Å². The third-order valence-corrected chi connectivity index (χ3v) is 4.20. The second-order valence-corrected chi connectivity index (χ2v) is 6.00. The van der Waals surface area contributed by atoms with Gasteiger partial charge in [-0.15, -0.1) is 0 Å². The average molecular weight is 378 g/mol. The minimum atomic E-state index is -1.37. The fraction of sp³-hybridized carbons (Fsp3) is 0.368. The van der Waals surface area contributed by atoms with Gasteiger partial charge in [-0.25, -0.2) is 0 Å². The Kier molecular flexibility index (Phi) is 5.90. The van der Waals surface area contributed by atoms with Gasteiger partial charge >= 0.3 is 0 Å². The molecule has 0 radical (unpaired) electrons. The van der Waals surface area contributed by atoms with Gasteiger partial charge in [0.15, 0.2) is 23.0 Å². The largest absolute Gasteiger partial charge is 0.504 e. The summed E-state index contributed by atoms with van der Waals surface area (Å²) in [4.78, 5) is 0. The zero-order chi connectivity index (χ0) is 19.4. The molecule has 2 aromatic carbocycles. The maximum atomic E-state index is 10.5. The molecule has 4 aliphatic rings. The Hall–Kier alpha value is -2.68. The Labute approximate surface area is 156 Å². The Balaban J connectivity index is 2.00. The molecule has 4 N–H and O–H groups in total. The lowest BCUT2D eigenvalue weighted by molar-refractivity contribution is 0.0168. The van der Waals surface area contributed by atoms with Crippen LogP contribution in [0.1, 0.15) is 23.3 Å². The number of hydrogen-bond donors (Lipinski definition) is 4. The second-order valence-electron chi connectivity index (χ2n) is 6.00. The molecule has 0 spiro atoms. The number of aliphatic hydroxyl groups excluding tert-OH is 2. The van der Waals surface area contributed by atoms with Gasteiger partial charge in [-0.3, -0.25) is 0 Å². The van der Waals surface area contributed by atoms with E-state index >= 15 is 0 Å². The van der Waals surface area contributed by atoms with Gasteiger partial charge in [-0.05, 0) is 35.4 Å². The molecule has 27 heavy (non-hydrogen) atoms. The maximum absolute atomic E-state index is 10.5. The maximum Gasteiger partial charge on any atom is 0.203 e. The molecule has 4 heterocycles. The summed E-state index contributed by atoms with van der Waals surface area (Å²) in [5.74, 6) is 0.173. The molecule has 2 aromatic rings. The Morgan fingerprint density at radius 1 is 0.852 bits per heavy atom. The number of benzene rings is 2. The highest BCUT2D eigenvalue weighted by Gasteiger charge is 2.25. The first-order valence-corrected chi connectivity index (χ1v) is 8.44. The van der Waals surface area contributed by atoms with Crippen LogP contribution in [0.3, 0.4) is 0 Å². The van der Waals surface area contributed by atoms with Gasteiger partial charge in [0, 0.05) is 0 Å². The van der Waals surface area contributed by atoms with Crippen LogP contribution in [0.5, 0.6) is 28.7 Å². The van der Waals surface area contributed by atoms with Crippen molar-refractivity contribution in [3.8, 4) is 28.7 Å². The molecule has 2 unspecified atom stereocenters. The molecule has 146 valence electrons. The first-order valence-electron chi connectivity index (χ1n) is 8.44. The van der Waals surface area contributed by atoms with E-state index in [2.05, 4.69) is 0 Å². The molecule has 2 atom stereocenters. The second kappa shape index (κ2) is 8.34. The zero-order valence-electron chi connectivity index (χ0n) is 14.8. The number of hydrogen-bond acceptors (Lipinski definition) is 8. The Bertz CT molecular complexity index is 792. The quantitative estimate of drug-likeness (QED) is 0.592. The molecule has 4 bridgehead atoms. The summed E-state index contributed by atoms with van der Waals surface area (Å²) in [7, 11) is 1.40. The topological polar surface area (TPSA) is 118 Å². The minimum Gasteiger partial charge on any atom is -0.504 e. The van der Waals surface area contributed by atoms with Crippen molar-refractivity contribution < 1.29 is 39.4 Å². The van der Waals surface area contributed by atoms with Crippen molar-refractivity contribution in [3.05, 3.63) is 41.5 Å². The van der Waals surface area contributed by atoms with Gasteiger partial charge in [-0.1, -0.05) is 6.07 Å². The first kappa shape index (κ1) is 19.1. The fourth-order valence-corrected chi connectivity index (χ4v) is 2.80. The first-order chi connectivity index (χ1) is 13.0. The normalized spacial score (nSPS) is 20.6. The summed E-state index contributed by atoms with van der Waals surface area (Å²) in [5, 5.41) is 41.4. The molecule has 0 amide bonds. The van der Waals surface area contributed by atoms with Crippen molar-refractivity contribution in [1.82, 2.24) is 0 Å². The number of phenolic OH excluding ortho intramolecular Hbond substituents is 2. The summed E-state index contributed by atoms with van der Waals surface area (Å²) >= 11 is 0. The molecular weight excluding hydrogens is 356 g/mol. The fourth-order valence-electron chi connectivity index (χ4n) is 2.80. The third kappa shape index (κ3) is 4.19. The smallest absolute Gasteiger partial charge is 0.203 e. The highest BCUT2D eigenvalue weighted by molar-refractivity contribution is 5.54. The van der Waals surface area contributed by atoms with Crippen molar-refractivity contribution >= 4 is 0 Å². The van der Waals surface area contributed by atoms with Gasteiger partial charge in [0.25, 0.3) is 0 Å². The highest BCUT2D eigenvalue weighted by Crippen LogP contribution is 2.42. The van der Waals surface area contributed by atoms with Crippen LogP contribution in [0.15, 0.2) is 30.3 Å². The van der Waals surface area contributed by atoms with Crippen LogP contribution in [0.25, 0.3) is 0 Å². The predicted molar refractivity (Wildman–Crippen MR) is 94.5 cm³/mol. The van der Waals surface area contributed by atoms with E-state index in [4.69, 9.17) is 18.9 Å². The molecule has 4 aliphatic heterocycles. The van der Waals surface area contributed by atoms with E-state index in [1.54, 1.807) is 0 Å². The summed E-state index contributed by atoms with van der Waals surface area (Å²) in [5.41, 5.74) is 0.510. The molecule has 8 nitrogen and oxygen atoms in total. The summed E-state index contributed by atoms with van der Waals surface area (Å²) in [6.45, 7) is 0.892. The van der Waals surface area contributed by atoms with Gasteiger partial charge < -0.3 is 39.4 Å². The molecule has 0 saturated carbocycles. The monoisotopic (exact) mass is 378 g/mol. The van der Waals surface area contributed by atoms with Crippen molar-refractivity contribution in [2.75, 3.05) is 33.5 Å². The number of phenols is 2. The molecule has 0 aliphatic carbocycles. The lowest BCUT2D eigenvalue weighted by Crippen LogP contribution is -2.12. The van der Waals surface area contributed by atoms with E-state index in [0.29, 0.717) is 0 Å². The van der Waals surface area contributed by atoms with Crippen molar-refractivity contribution in [3.63, 3.8) is 0 Å². The van der Waals surface area contributed by atoms with Crippen LogP contribution in [0, 0.1) is 0 Å².